The molecular formula is C14H23Cl2N5O. The second-order valence-corrected chi connectivity index (χ2v) is 4.50. The van der Waals surface area contributed by atoms with Crippen molar-refractivity contribution in [3.63, 3.8) is 0 Å². The van der Waals surface area contributed by atoms with Gasteiger partial charge in [-0.15, -0.1) is 24.8 Å². The van der Waals surface area contributed by atoms with E-state index in [4.69, 9.17) is 5.11 Å². The van der Waals surface area contributed by atoms with Crippen molar-refractivity contribution in [3.8, 4) is 11.3 Å². The number of aliphatic hydroxyl groups is 1. The molecule has 0 saturated carbocycles. The van der Waals surface area contributed by atoms with Crippen LogP contribution in [0.15, 0.2) is 30.3 Å². The lowest BCUT2D eigenvalue weighted by atomic mass is 10.1. The second-order valence-electron chi connectivity index (χ2n) is 4.50. The Bertz CT molecular complexity index is 521. The van der Waals surface area contributed by atoms with Crippen molar-refractivity contribution in [2.24, 2.45) is 7.05 Å². The minimum Gasteiger partial charge on any atom is -0.395 e. The topological polar surface area (TPSA) is 75.0 Å². The molecule has 3 N–H and O–H groups in total. The third kappa shape index (κ3) is 6.29. The summed E-state index contributed by atoms with van der Waals surface area (Å²) in [4.78, 5) is 1.60. The molecule has 2 rings (SSSR count). The third-order valence-electron chi connectivity index (χ3n) is 2.89. The van der Waals surface area contributed by atoms with Gasteiger partial charge in [-0.05, 0) is 0 Å². The Morgan fingerprint density at radius 2 is 1.68 bits per heavy atom. The summed E-state index contributed by atoms with van der Waals surface area (Å²) in [5.41, 5.74) is 2.94. The molecule has 1 aromatic carbocycles. The average molecular weight is 348 g/mol. The van der Waals surface area contributed by atoms with Gasteiger partial charge in [0.25, 0.3) is 0 Å². The summed E-state index contributed by atoms with van der Waals surface area (Å²) in [7, 11) is 1.83. The van der Waals surface area contributed by atoms with E-state index in [1.807, 2.05) is 37.4 Å². The van der Waals surface area contributed by atoms with Crippen LogP contribution in [0.25, 0.3) is 11.3 Å². The zero-order valence-corrected chi connectivity index (χ0v) is 14.2. The van der Waals surface area contributed by atoms with E-state index in [0.717, 1.165) is 30.0 Å². The summed E-state index contributed by atoms with van der Waals surface area (Å²) >= 11 is 0. The molecule has 124 valence electrons. The van der Waals surface area contributed by atoms with Gasteiger partial charge in [-0.3, -0.25) is 0 Å². The molecule has 0 atom stereocenters. The fraction of sp³-hybridized carbons (Fsp3) is 0.429. The Morgan fingerprint density at radius 1 is 1.00 bits per heavy atom. The van der Waals surface area contributed by atoms with Crippen molar-refractivity contribution in [2.75, 3.05) is 26.2 Å². The second kappa shape index (κ2) is 11.4. The van der Waals surface area contributed by atoms with Crippen molar-refractivity contribution in [3.05, 3.63) is 36.0 Å². The highest BCUT2D eigenvalue weighted by atomic mass is 35.5. The van der Waals surface area contributed by atoms with E-state index in [9.17, 15) is 0 Å². The van der Waals surface area contributed by atoms with Gasteiger partial charge in [-0.25, -0.2) is 0 Å². The van der Waals surface area contributed by atoms with Crippen LogP contribution in [0.5, 0.6) is 0 Å². The number of nitrogens with zero attached hydrogens (tertiary/aromatic N) is 3. The Balaban J connectivity index is 0.00000220. The van der Waals surface area contributed by atoms with Crippen LogP contribution in [0, 0.1) is 0 Å². The number of nitrogens with one attached hydrogen (secondary N) is 2. The highest BCUT2D eigenvalue weighted by Crippen LogP contribution is 2.19. The fourth-order valence-corrected chi connectivity index (χ4v) is 1.97. The maximum Gasteiger partial charge on any atom is 0.117 e. The Labute approximate surface area is 143 Å². The first kappa shape index (κ1) is 20.8. The zero-order valence-electron chi connectivity index (χ0n) is 12.5. The summed E-state index contributed by atoms with van der Waals surface area (Å²) in [5, 5.41) is 23.9. The molecule has 0 aliphatic heterocycles. The molecule has 2 aromatic rings. The van der Waals surface area contributed by atoms with Crippen LogP contribution in [0.3, 0.4) is 0 Å². The minimum atomic E-state index is 0. The van der Waals surface area contributed by atoms with E-state index in [1.165, 1.54) is 0 Å². The van der Waals surface area contributed by atoms with Gasteiger partial charge in [-0.2, -0.15) is 15.0 Å². The van der Waals surface area contributed by atoms with Crippen LogP contribution >= 0.6 is 24.8 Å². The standard InChI is InChI=1S/C14H21N5O.2ClH/c1-19-17-13(11-16-8-7-15-9-10-20)14(18-19)12-5-3-2-4-6-12;;/h2-6,15-16,20H,7-11H2,1H3;2*1H. The highest BCUT2D eigenvalue weighted by Gasteiger charge is 2.10. The molecular weight excluding hydrogens is 325 g/mol. The molecule has 0 unspecified atom stereocenters. The normalized spacial score (nSPS) is 9.91. The smallest absolute Gasteiger partial charge is 0.117 e. The van der Waals surface area contributed by atoms with Gasteiger partial charge >= 0.3 is 0 Å². The minimum absolute atomic E-state index is 0. The van der Waals surface area contributed by atoms with Gasteiger partial charge in [0.15, 0.2) is 0 Å². The number of hydrogen-bond donors (Lipinski definition) is 3. The number of rotatable bonds is 8. The molecule has 0 bridgehead atoms. The maximum atomic E-state index is 8.66. The highest BCUT2D eigenvalue weighted by molar-refractivity contribution is 5.85. The number of hydrogen-bond acceptors (Lipinski definition) is 5. The van der Waals surface area contributed by atoms with E-state index < -0.39 is 0 Å². The molecule has 8 heteroatoms. The van der Waals surface area contributed by atoms with Crippen LogP contribution < -0.4 is 10.6 Å². The zero-order chi connectivity index (χ0) is 14.2. The van der Waals surface area contributed by atoms with Crippen LogP contribution in [0.1, 0.15) is 5.69 Å². The van der Waals surface area contributed by atoms with Crippen LogP contribution in [-0.4, -0.2) is 46.3 Å². The molecule has 1 aromatic heterocycles. The number of aryl methyl sites for hydroxylation is 1. The monoisotopic (exact) mass is 347 g/mol. The molecule has 0 spiro atoms. The predicted molar refractivity (Wildman–Crippen MR) is 92.6 cm³/mol. The lowest BCUT2D eigenvalue weighted by Crippen LogP contribution is -2.29. The van der Waals surface area contributed by atoms with Crippen molar-refractivity contribution < 1.29 is 5.11 Å². The Hall–Kier alpha value is -1.18. The van der Waals surface area contributed by atoms with Crippen LogP contribution in [0.4, 0.5) is 0 Å². The summed E-state index contributed by atoms with van der Waals surface area (Å²) < 4.78 is 0. The Kier molecular flexibility index (Phi) is 10.8. The first-order chi connectivity index (χ1) is 9.81. The SMILES string of the molecule is Cl.Cl.Cn1nc(CNCCNCCO)c(-c2ccccc2)n1. The molecule has 0 fully saturated rings. The number of aliphatic hydroxyl groups excluding tert-OH is 1. The van der Waals surface area contributed by atoms with Gasteiger partial charge in [0, 0.05) is 38.8 Å². The lowest BCUT2D eigenvalue weighted by Gasteiger charge is -2.05. The largest absolute Gasteiger partial charge is 0.395 e. The average Bonchev–Trinajstić information content (AvgIpc) is 2.85. The molecule has 22 heavy (non-hydrogen) atoms. The summed E-state index contributed by atoms with van der Waals surface area (Å²) in [6.07, 6.45) is 0. The molecule has 1 heterocycles. The molecule has 0 aliphatic rings. The molecule has 0 amide bonds. The first-order valence-electron chi connectivity index (χ1n) is 6.79. The Morgan fingerprint density at radius 3 is 2.36 bits per heavy atom. The fourth-order valence-electron chi connectivity index (χ4n) is 1.97. The van der Waals surface area contributed by atoms with E-state index in [1.54, 1.807) is 4.80 Å². The van der Waals surface area contributed by atoms with Gasteiger partial charge in [-0.1, -0.05) is 30.3 Å². The molecule has 0 radical (unpaired) electrons. The molecule has 0 saturated heterocycles. The van der Waals surface area contributed by atoms with E-state index in [-0.39, 0.29) is 31.4 Å². The van der Waals surface area contributed by atoms with E-state index >= 15 is 0 Å². The van der Waals surface area contributed by atoms with Crippen molar-refractivity contribution in [1.29, 1.82) is 0 Å². The summed E-state index contributed by atoms with van der Waals surface area (Å²) in [6.45, 7) is 3.12. The van der Waals surface area contributed by atoms with Crippen molar-refractivity contribution >= 4 is 24.8 Å². The van der Waals surface area contributed by atoms with Gasteiger partial charge < -0.3 is 15.7 Å². The van der Waals surface area contributed by atoms with E-state index in [0.29, 0.717) is 13.1 Å². The van der Waals surface area contributed by atoms with Crippen molar-refractivity contribution in [2.45, 2.75) is 6.54 Å². The van der Waals surface area contributed by atoms with Crippen LogP contribution in [0.2, 0.25) is 0 Å². The predicted octanol–water partition coefficient (Wildman–Crippen LogP) is 0.997. The first-order valence-corrected chi connectivity index (χ1v) is 6.79. The van der Waals surface area contributed by atoms with Crippen LogP contribution in [-0.2, 0) is 13.6 Å². The van der Waals surface area contributed by atoms with Gasteiger partial charge in [0.05, 0.1) is 6.61 Å². The molecule has 0 aliphatic carbocycles. The van der Waals surface area contributed by atoms with Gasteiger partial charge in [0.2, 0.25) is 0 Å². The number of benzene rings is 1. The lowest BCUT2D eigenvalue weighted by molar-refractivity contribution is 0.292. The maximum absolute atomic E-state index is 8.66. The summed E-state index contributed by atoms with van der Waals surface area (Å²) in [6, 6.07) is 10.1. The number of aromatic nitrogens is 3. The van der Waals surface area contributed by atoms with Gasteiger partial charge in [0.1, 0.15) is 11.4 Å². The quantitative estimate of drug-likeness (QED) is 0.621. The number of halogens is 2. The van der Waals surface area contributed by atoms with Crippen molar-refractivity contribution in [1.82, 2.24) is 25.6 Å². The molecule has 6 nitrogen and oxygen atoms in total. The third-order valence-corrected chi connectivity index (χ3v) is 2.89. The summed E-state index contributed by atoms with van der Waals surface area (Å²) in [5.74, 6) is 0. The van der Waals surface area contributed by atoms with E-state index in [2.05, 4.69) is 20.8 Å².